The highest BCUT2D eigenvalue weighted by Gasteiger charge is 2.21. The van der Waals surface area contributed by atoms with E-state index in [1.807, 2.05) is 21.1 Å². The summed E-state index contributed by atoms with van der Waals surface area (Å²) >= 11 is 0. The molecule has 0 aliphatic heterocycles. The molecule has 10 heteroatoms. The van der Waals surface area contributed by atoms with Gasteiger partial charge in [-0.3, -0.25) is 14.2 Å². The number of hydrogen-bond donors (Lipinski definition) is 0. The summed E-state index contributed by atoms with van der Waals surface area (Å²) in [5, 5.41) is 0. The van der Waals surface area contributed by atoms with Gasteiger partial charge < -0.3 is 27.9 Å². The summed E-state index contributed by atoms with van der Waals surface area (Å²) in [5.41, 5.74) is 0. The zero-order chi connectivity index (χ0) is 45.0. The van der Waals surface area contributed by atoms with Gasteiger partial charge >= 0.3 is 11.9 Å². The average Bonchev–Trinajstić information content (AvgIpc) is 3.21. The maximum absolute atomic E-state index is 12.7. The van der Waals surface area contributed by atoms with Crippen LogP contribution in [0, 0.1) is 0 Å². The minimum Gasteiger partial charge on any atom is -0.756 e. The van der Waals surface area contributed by atoms with E-state index in [-0.39, 0.29) is 26.1 Å². The normalized spacial score (nSPS) is 13.9. The summed E-state index contributed by atoms with van der Waals surface area (Å²) in [6.07, 6.45) is 51.6. The van der Waals surface area contributed by atoms with Gasteiger partial charge in [0.1, 0.15) is 19.8 Å². The number of unbranched alkanes of at least 4 members (excludes halogenated alkanes) is 23. The average molecular weight is 880 g/mol. The smallest absolute Gasteiger partial charge is 0.306 e. The van der Waals surface area contributed by atoms with E-state index in [1.165, 1.54) is 103 Å². The molecule has 0 spiro atoms. The van der Waals surface area contributed by atoms with Gasteiger partial charge in [-0.15, -0.1) is 0 Å². The van der Waals surface area contributed by atoms with Crippen LogP contribution in [0.4, 0.5) is 0 Å². The first-order valence-electron chi connectivity index (χ1n) is 24.8. The number of likely N-dealkylation sites (N-methyl/N-ethyl adjacent to an activating group) is 1. The molecule has 2 unspecified atom stereocenters. The summed E-state index contributed by atoms with van der Waals surface area (Å²) in [6.45, 7) is 4.14. The number of rotatable bonds is 45. The van der Waals surface area contributed by atoms with Gasteiger partial charge in [0.05, 0.1) is 27.7 Å². The van der Waals surface area contributed by atoms with Crippen molar-refractivity contribution in [1.29, 1.82) is 0 Å². The monoisotopic (exact) mass is 880 g/mol. The standard InChI is InChI=1S/C51H94NO8P/c1-6-8-10-12-14-16-18-19-20-21-22-23-24-25-26-27-28-29-30-31-32-33-34-36-38-40-42-44-51(54)60-49(48-59-61(55,56)58-46-45-52(3,4)5)47-57-50(53)43-41-39-37-35-17-15-13-11-9-7-2/h11,13,18-19,21-22,24-25,49H,6-10,12,14-17,20,23,26-48H2,1-5H3/b13-11-,19-18-,22-21-,25-24-. The molecule has 9 nitrogen and oxygen atoms in total. The largest absolute Gasteiger partial charge is 0.756 e. The lowest BCUT2D eigenvalue weighted by atomic mass is 10.0. The van der Waals surface area contributed by atoms with Crippen LogP contribution >= 0.6 is 7.82 Å². The number of allylic oxidation sites excluding steroid dienone is 8. The molecule has 0 saturated carbocycles. The second-order valence-corrected chi connectivity index (χ2v) is 19.2. The van der Waals surface area contributed by atoms with Gasteiger partial charge in [-0.05, 0) is 70.6 Å². The SMILES string of the molecule is CCC/C=C\CCCCCCCC(=O)OCC(COP(=O)([O-])OCC[N+](C)(C)C)OC(=O)CCCCCCCCCCCCCC/C=C\C/C=C\C/C=C\CCCCCCC. The van der Waals surface area contributed by atoms with E-state index in [1.54, 1.807) is 0 Å². The van der Waals surface area contributed by atoms with Gasteiger partial charge in [0.25, 0.3) is 7.82 Å². The molecule has 0 N–H and O–H groups in total. The third-order valence-electron chi connectivity index (χ3n) is 10.6. The lowest BCUT2D eigenvalue weighted by Gasteiger charge is -2.28. The predicted octanol–water partition coefficient (Wildman–Crippen LogP) is 14.0. The van der Waals surface area contributed by atoms with Crippen molar-refractivity contribution in [1.82, 2.24) is 0 Å². The van der Waals surface area contributed by atoms with Crippen molar-refractivity contribution in [2.45, 2.75) is 219 Å². The number of nitrogens with zero attached hydrogens (tertiary/aromatic N) is 1. The molecule has 2 atom stereocenters. The fourth-order valence-electron chi connectivity index (χ4n) is 6.66. The number of esters is 2. The zero-order valence-electron chi connectivity index (χ0n) is 40.1. The van der Waals surface area contributed by atoms with E-state index in [2.05, 4.69) is 62.5 Å². The van der Waals surface area contributed by atoms with Crippen LogP contribution in [-0.2, 0) is 32.7 Å². The maximum atomic E-state index is 12.7. The van der Waals surface area contributed by atoms with Crippen molar-refractivity contribution >= 4 is 19.8 Å². The Bertz CT molecular complexity index is 1180. The van der Waals surface area contributed by atoms with E-state index in [4.69, 9.17) is 18.5 Å². The number of hydrogen-bond acceptors (Lipinski definition) is 8. The Hall–Kier alpha value is -2.03. The molecule has 0 aromatic heterocycles. The Labute approximate surface area is 375 Å². The van der Waals surface area contributed by atoms with Crippen LogP contribution in [0.15, 0.2) is 48.6 Å². The first kappa shape index (κ1) is 59.0. The van der Waals surface area contributed by atoms with E-state index in [0.717, 1.165) is 77.0 Å². The van der Waals surface area contributed by atoms with E-state index >= 15 is 0 Å². The first-order chi connectivity index (χ1) is 29.5. The van der Waals surface area contributed by atoms with Crippen molar-refractivity contribution in [3.05, 3.63) is 48.6 Å². The Morgan fingerprint density at radius 1 is 0.508 bits per heavy atom. The number of carbonyl (C=O) groups excluding carboxylic acids is 2. The fourth-order valence-corrected chi connectivity index (χ4v) is 7.39. The van der Waals surface area contributed by atoms with Crippen molar-refractivity contribution in [3.8, 4) is 0 Å². The summed E-state index contributed by atoms with van der Waals surface area (Å²) in [4.78, 5) is 37.5. The van der Waals surface area contributed by atoms with Crippen molar-refractivity contribution in [3.63, 3.8) is 0 Å². The molecule has 0 heterocycles. The maximum Gasteiger partial charge on any atom is 0.306 e. The van der Waals surface area contributed by atoms with Crippen LogP contribution in [0.3, 0.4) is 0 Å². The highest BCUT2D eigenvalue weighted by Crippen LogP contribution is 2.38. The molecule has 0 aliphatic rings. The van der Waals surface area contributed by atoms with Crippen molar-refractivity contribution < 1.29 is 42.1 Å². The van der Waals surface area contributed by atoms with E-state index in [0.29, 0.717) is 17.4 Å². The number of phosphoric acid groups is 1. The minimum absolute atomic E-state index is 0.0333. The van der Waals surface area contributed by atoms with Gasteiger partial charge in [0.2, 0.25) is 0 Å². The van der Waals surface area contributed by atoms with Crippen LogP contribution in [0.2, 0.25) is 0 Å². The molecule has 61 heavy (non-hydrogen) atoms. The van der Waals surface area contributed by atoms with Crippen LogP contribution in [0.1, 0.15) is 213 Å². The third-order valence-corrected chi connectivity index (χ3v) is 11.5. The van der Waals surface area contributed by atoms with Crippen LogP contribution in [-0.4, -0.2) is 70.0 Å². The molecular weight excluding hydrogens is 786 g/mol. The Kier molecular flexibility index (Phi) is 41.8. The van der Waals surface area contributed by atoms with Gasteiger partial charge in [-0.2, -0.15) is 0 Å². The molecule has 0 rings (SSSR count). The highest BCUT2D eigenvalue weighted by molar-refractivity contribution is 7.45. The number of phosphoric ester groups is 1. The number of quaternary nitrogens is 1. The molecule has 0 aromatic carbocycles. The van der Waals surface area contributed by atoms with Crippen LogP contribution < -0.4 is 4.89 Å². The highest BCUT2D eigenvalue weighted by atomic mass is 31.2. The molecule has 0 aliphatic carbocycles. The minimum atomic E-state index is -4.63. The fraction of sp³-hybridized carbons (Fsp3) is 0.804. The summed E-state index contributed by atoms with van der Waals surface area (Å²) in [6, 6.07) is 0. The van der Waals surface area contributed by atoms with Gasteiger partial charge in [-0.25, -0.2) is 0 Å². The molecular formula is C51H94NO8P. The molecule has 0 radical (unpaired) electrons. The third kappa shape index (κ3) is 47.3. The lowest BCUT2D eigenvalue weighted by molar-refractivity contribution is -0.870. The van der Waals surface area contributed by atoms with E-state index < -0.39 is 32.5 Å². The molecule has 356 valence electrons. The first-order valence-corrected chi connectivity index (χ1v) is 26.3. The Morgan fingerprint density at radius 3 is 1.39 bits per heavy atom. The quantitative estimate of drug-likeness (QED) is 0.0195. The number of ether oxygens (including phenoxy) is 2. The number of carbonyl (C=O) groups is 2. The molecule has 0 bridgehead atoms. The second kappa shape index (κ2) is 43.2. The summed E-state index contributed by atoms with van der Waals surface area (Å²) in [7, 11) is 1.16. The van der Waals surface area contributed by atoms with Crippen LogP contribution in [0.5, 0.6) is 0 Å². The van der Waals surface area contributed by atoms with E-state index in [9.17, 15) is 19.0 Å². The zero-order valence-corrected chi connectivity index (χ0v) is 41.0. The Morgan fingerprint density at radius 2 is 0.918 bits per heavy atom. The molecule has 0 fully saturated rings. The van der Waals surface area contributed by atoms with Crippen molar-refractivity contribution in [2.24, 2.45) is 0 Å². The van der Waals surface area contributed by atoms with Crippen molar-refractivity contribution in [2.75, 3.05) is 47.5 Å². The summed E-state index contributed by atoms with van der Waals surface area (Å²) < 4.78 is 33.9. The van der Waals surface area contributed by atoms with Gasteiger partial charge in [-0.1, -0.05) is 178 Å². The van der Waals surface area contributed by atoms with Crippen LogP contribution in [0.25, 0.3) is 0 Å². The molecule has 0 amide bonds. The van der Waals surface area contributed by atoms with Gasteiger partial charge in [0.15, 0.2) is 6.10 Å². The lowest BCUT2D eigenvalue weighted by Crippen LogP contribution is -2.37. The summed E-state index contributed by atoms with van der Waals surface area (Å²) in [5.74, 6) is -0.848. The Balaban J connectivity index is 4.14. The predicted molar refractivity (Wildman–Crippen MR) is 254 cm³/mol. The van der Waals surface area contributed by atoms with Gasteiger partial charge in [0, 0.05) is 12.8 Å². The molecule has 0 aromatic rings. The second-order valence-electron chi connectivity index (χ2n) is 17.8. The topological polar surface area (TPSA) is 111 Å². The molecule has 0 saturated heterocycles.